The number of urea groups is 1. The van der Waals surface area contributed by atoms with E-state index in [2.05, 4.69) is 40.1 Å². The first kappa shape index (κ1) is 64.0. The number of primary amides is 1. The van der Waals surface area contributed by atoms with Gasteiger partial charge in [0.25, 0.3) is 16.0 Å². The van der Waals surface area contributed by atoms with E-state index in [1.54, 1.807) is 56.4 Å². The Morgan fingerprint density at radius 2 is 1.61 bits per heavy atom. The second-order valence-corrected chi connectivity index (χ2v) is 28.3. The number of para-hydroxylation sites is 1. The van der Waals surface area contributed by atoms with E-state index in [0.717, 1.165) is 59.1 Å². The van der Waals surface area contributed by atoms with Crippen molar-refractivity contribution in [3.63, 3.8) is 0 Å². The van der Waals surface area contributed by atoms with Gasteiger partial charge >= 0.3 is 18.1 Å². The SMILES string of the molecule is Cc1c(-c2ccc(N3CCc4cccc(C(=O)Nc5nc6ccccc6s5)c4C3)nc2C(=O)O)cnn1CC12CC3(C)CC(C)(C1)CC(OCCN(CCS(=O)(=O)O)C(=O)OCc1ccc(NC(=O)C(CCCNC(N)=O)NC(=O)C(N)C(C)C)cc1)(C3)C2. The molecule has 11 rings (SSSR count). The van der Waals surface area contributed by atoms with Crippen LogP contribution in [0.1, 0.15) is 122 Å². The number of carboxylic acid groups (broad SMARTS) is 1. The molecule has 5 aliphatic rings. The van der Waals surface area contributed by atoms with Crippen LogP contribution in [0.15, 0.2) is 85.1 Å². The van der Waals surface area contributed by atoms with E-state index in [-0.39, 0.29) is 73.0 Å². The van der Waals surface area contributed by atoms with Crippen LogP contribution in [-0.4, -0.2) is 135 Å². The second kappa shape index (κ2) is 25.8. The Morgan fingerprint density at radius 1 is 0.865 bits per heavy atom. The molecular formula is C63H78N12O12S2. The molecule has 4 saturated carbocycles. The van der Waals surface area contributed by atoms with Crippen molar-refractivity contribution in [2.24, 2.45) is 33.6 Å². The molecule has 6 aromatic rings. The number of ether oxygens (including phenoxy) is 2. The number of carbonyl (C=O) groups is 6. The van der Waals surface area contributed by atoms with Gasteiger partial charge in [0.1, 0.15) is 18.5 Å². The monoisotopic (exact) mass is 1260 g/mol. The molecule has 4 bridgehead atoms. The Labute approximate surface area is 520 Å². The van der Waals surface area contributed by atoms with Crippen LogP contribution in [0.5, 0.6) is 0 Å². The first-order chi connectivity index (χ1) is 42.2. The zero-order valence-corrected chi connectivity index (χ0v) is 52.3. The summed E-state index contributed by atoms with van der Waals surface area (Å²) in [6.45, 7) is 11.2. The van der Waals surface area contributed by atoms with Crippen LogP contribution < -0.4 is 37.6 Å². The fraction of sp³-hybridized carbons (Fsp3) is 0.476. The number of carbonyl (C=O) groups excluding carboxylic acids is 5. The number of nitrogens with one attached hydrogen (secondary N) is 4. The number of carboxylic acids is 1. The third kappa shape index (κ3) is 15.0. The molecule has 4 heterocycles. The number of aromatic nitrogens is 4. The number of pyridine rings is 1. The van der Waals surface area contributed by atoms with Crippen LogP contribution in [0, 0.1) is 29.1 Å². The summed E-state index contributed by atoms with van der Waals surface area (Å²) in [5.74, 6) is -2.91. The van der Waals surface area contributed by atoms with E-state index in [9.17, 15) is 46.8 Å². The van der Waals surface area contributed by atoms with Gasteiger partial charge in [-0.2, -0.15) is 13.5 Å². The lowest BCUT2D eigenvalue weighted by Gasteiger charge is -2.69. The minimum absolute atomic E-state index is 0.0325. The number of amides is 6. The fourth-order valence-corrected chi connectivity index (χ4v) is 16.1. The Bertz CT molecular complexity index is 3750. The molecular weight excluding hydrogens is 1180 g/mol. The molecule has 0 radical (unpaired) electrons. The normalized spacial score (nSPS) is 21.6. The zero-order chi connectivity index (χ0) is 63.6. The van der Waals surface area contributed by atoms with Crippen molar-refractivity contribution >= 4 is 84.1 Å². The molecule has 4 unspecified atom stereocenters. The first-order valence-electron chi connectivity index (χ1n) is 30.0. The van der Waals surface area contributed by atoms with Crippen LogP contribution in [0.2, 0.25) is 0 Å². The van der Waals surface area contributed by atoms with Crippen molar-refractivity contribution in [3.8, 4) is 11.1 Å². The van der Waals surface area contributed by atoms with E-state index in [1.807, 2.05) is 59.0 Å². The number of benzene rings is 3. The van der Waals surface area contributed by atoms with Crippen LogP contribution >= 0.6 is 11.3 Å². The predicted octanol–water partition coefficient (Wildman–Crippen LogP) is 7.89. The molecule has 4 aliphatic carbocycles. The lowest BCUT2D eigenvalue weighted by atomic mass is 9.39. The Hall–Kier alpha value is -8.04. The maximum Gasteiger partial charge on any atom is 0.410 e. The minimum Gasteiger partial charge on any atom is -0.476 e. The number of fused-ring (bicyclic) bond motifs is 2. The number of nitrogens with two attached hydrogens (primary N) is 2. The summed E-state index contributed by atoms with van der Waals surface area (Å²) in [5, 5.41) is 27.1. The van der Waals surface area contributed by atoms with E-state index in [4.69, 9.17) is 31.0 Å². The summed E-state index contributed by atoms with van der Waals surface area (Å²) in [6.07, 6.45) is 7.12. The Balaban J connectivity index is 0.781. The molecule has 1 aliphatic heterocycles. The fourth-order valence-electron chi connectivity index (χ4n) is 14.8. The summed E-state index contributed by atoms with van der Waals surface area (Å²) in [5.41, 5.74) is 16.1. The number of thiazole rings is 1. The molecule has 89 heavy (non-hydrogen) atoms. The maximum absolute atomic E-state index is 13.8. The molecule has 0 saturated heterocycles. The third-order valence-electron chi connectivity index (χ3n) is 17.8. The number of hydrogen-bond donors (Lipinski definition) is 8. The molecule has 0 spiro atoms. The van der Waals surface area contributed by atoms with E-state index < -0.39 is 63.5 Å². The summed E-state index contributed by atoms with van der Waals surface area (Å²) < 4.78 is 49.3. The molecule has 3 aromatic carbocycles. The molecule has 474 valence electrons. The molecule has 10 N–H and O–H groups in total. The van der Waals surface area contributed by atoms with Gasteiger partial charge in [-0.3, -0.25) is 28.9 Å². The van der Waals surface area contributed by atoms with E-state index >= 15 is 0 Å². The van der Waals surface area contributed by atoms with Crippen molar-refractivity contribution in [1.82, 2.24) is 35.3 Å². The molecule has 24 nitrogen and oxygen atoms in total. The highest BCUT2D eigenvalue weighted by Gasteiger charge is 2.66. The van der Waals surface area contributed by atoms with Gasteiger partial charge in [-0.1, -0.05) is 75.4 Å². The topological polar surface area (TPSA) is 346 Å². The van der Waals surface area contributed by atoms with Gasteiger partial charge in [-0.05, 0) is 146 Å². The Morgan fingerprint density at radius 3 is 2.30 bits per heavy atom. The van der Waals surface area contributed by atoms with Gasteiger partial charge in [0, 0.05) is 67.3 Å². The summed E-state index contributed by atoms with van der Waals surface area (Å²) in [6, 6.07) is 20.9. The first-order valence-corrected chi connectivity index (χ1v) is 32.4. The van der Waals surface area contributed by atoms with Gasteiger partial charge < -0.3 is 51.8 Å². The highest BCUT2D eigenvalue weighted by molar-refractivity contribution is 7.85. The van der Waals surface area contributed by atoms with Crippen LogP contribution in [0.3, 0.4) is 0 Å². The second-order valence-electron chi connectivity index (χ2n) is 25.7. The molecule has 3 aromatic heterocycles. The van der Waals surface area contributed by atoms with E-state index in [0.29, 0.717) is 77.8 Å². The average molecular weight is 1260 g/mol. The molecule has 26 heteroatoms. The molecule has 6 amide bonds. The Kier molecular flexibility index (Phi) is 18.6. The van der Waals surface area contributed by atoms with Crippen molar-refractivity contribution in [2.75, 3.05) is 54.1 Å². The van der Waals surface area contributed by atoms with Crippen LogP contribution in [0.4, 0.5) is 26.2 Å². The predicted molar refractivity (Wildman–Crippen MR) is 336 cm³/mol. The minimum atomic E-state index is -4.47. The number of anilines is 3. The highest BCUT2D eigenvalue weighted by Crippen LogP contribution is 2.72. The zero-order valence-electron chi connectivity index (χ0n) is 50.7. The van der Waals surface area contributed by atoms with Gasteiger partial charge in [-0.15, -0.1) is 0 Å². The lowest BCUT2D eigenvalue weighted by Crippen LogP contribution is -2.64. The third-order valence-corrected chi connectivity index (χ3v) is 19.5. The van der Waals surface area contributed by atoms with E-state index in [1.165, 1.54) is 16.2 Å². The number of nitrogens with zero attached hydrogens (tertiary/aromatic N) is 6. The van der Waals surface area contributed by atoms with Gasteiger partial charge in [-0.25, -0.2) is 24.4 Å². The number of rotatable bonds is 25. The van der Waals surface area contributed by atoms with Crippen LogP contribution in [0.25, 0.3) is 21.3 Å². The van der Waals surface area contributed by atoms with Crippen molar-refractivity contribution < 1.29 is 56.3 Å². The number of hydrogen-bond acceptors (Lipinski definition) is 16. The van der Waals surface area contributed by atoms with Crippen molar-refractivity contribution in [1.29, 1.82) is 0 Å². The highest BCUT2D eigenvalue weighted by atomic mass is 32.2. The molecule has 4 fully saturated rings. The van der Waals surface area contributed by atoms with Crippen molar-refractivity contribution in [2.45, 2.75) is 130 Å². The summed E-state index contributed by atoms with van der Waals surface area (Å²) >= 11 is 1.40. The van der Waals surface area contributed by atoms with Gasteiger partial charge in [0.05, 0.1) is 40.4 Å². The average Bonchev–Trinajstić information content (AvgIpc) is 1.02. The maximum atomic E-state index is 13.8. The van der Waals surface area contributed by atoms with Crippen LogP contribution in [-0.2, 0) is 55.3 Å². The quantitative estimate of drug-likeness (QED) is 0.0199. The smallest absolute Gasteiger partial charge is 0.410 e. The lowest BCUT2D eigenvalue weighted by molar-refractivity contribution is -0.248. The molecule has 4 atom stereocenters. The number of aromatic carboxylic acids is 1. The largest absolute Gasteiger partial charge is 0.476 e. The van der Waals surface area contributed by atoms with Crippen molar-refractivity contribution in [3.05, 3.63) is 119 Å². The van der Waals surface area contributed by atoms with Gasteiger partial charge in [0.15, 0.2) is 10.8 Å². The summed E-state index contributed by atoms with van der Waals surface area (Å²) in [7, 11) is -4.47. The van der Waals surface area contributed by atoms with Gasteiger partial charge in [0.2, 0.25) is 11.8 Å². The summed E-state index contributed by atoms with van der Waals surface area (Å²) in [4.78, 5) is 90.6. The standard InChI is InChI=1S/C63H78N12O12S2/c1-38(2)51(64)55(78)69-48(13-9-22-66-57(65)81)54(77)68-42-17-15-40(16-18-42)30-86-59(82)73(25-27-89(83,84)85)24-26-87-63-34-60(4)31-61(5,35-63)33-62(32-60,36-63)37-75-39(3)45(28-67-75)43-19-20-50(71-52(43)56(79)80)74-23-21-41-10-8-11-44(46(41)29-74)53(76)72-58-70-47-12-6-7-14-49(47)88-58/h6-8,10-12,14-20,28,38,48,51H,9,13,21-27,29-37,64H2,1-5H3,(H,68,77)(H,69,78)(H,79,80)(H3,65,66,81)(H,70,72,76)(H,83,84,85).